The van der Waals surface area contributed by atoms with Crippen LogP contribution in [0, 0.1) is 5.92 Å². The minimum Gasteiger partial charge on any atom is -0.460 e. The molecule has 0 amide bonds. The highest BCUT2D eigenvalue weighted by Gasteiger charge is 2.30. The molecule has 5 heteroatoms. The van der Waals surface area contributed by atoms with Crippen LogP contribution in [0.5, 0.6) is 5.75 Å². The van der Waals surface area contributed by atoms with Crippen LogP contribution in [-0.2, 0) is 21.0 Å². The second-order valence-electron chi connectivity index (χ2n) is 7.47. The van der Waals surface area contributed by atoms with Crippen LogP contribution in [0.2, 0.25) is 0 Å². The van der Waals surface area contributed by atoms with E-state index in [-0.39, 0.29) is 11.3 Å². The Labute approximate surface area is 147 Å². The van der Waals surface area contributed by atoms with E-state index in [9.17, 15) is 4.21 Å². The molecule has 0 aromatic heterocycles. The van der Waals surface area contributed by atoms with Gasteiger partial charge in [0, 0.05) is 0 Å². The van der Waals surface area contributed by atoms with E-state index in [1.165, 1.54) is 12.0 Å². The second-order valence-corrected chi connectivity index (χ2v) is 8.10. The fourth-order valence-corrected chi connectivity index (χ4v) is 3.59. The Bertz CT molecular complexity index is 568. The lowest BCUT2D eigenvalue weighted by molar-refractivity contribution is 0.107. The second kappa shape index (κ2) is 8.28. The molecule has 0 heterocycles. The van der Waals surface area contributed by atoms with Gasteiger partial charge in [-0.15, -0.1) is 0 Å². The zero-order chi connectivity index (χ0) is 17.7. The van der Waals surface area contributed by atoms with E-state index in [0.29, 0.717) is 11.5 Å². The molecular weight excluding hydrogens is 324 g/mol. The molecule has 0 spiro atoms. The van der Waals surface area contributed by atoms with Crippen molar-refractivity contribution >= 4 is 11.4 Å². The van der Waals surface area contributed by atoms with E-state index >= 15 is 0 Å². The van der Waals surface area contributed by atoms with Crippen molar-refractivity contribution in [3.63, 3.8) is 0 Å². The van der Waals surface area contributed by atoms with Gasteiger partial charge in [-0.05, 0) is 41.9 Å². The number of rotatable bonds is 6. The van der Waals surface area contributed by atoms with Gasteiger partial charge in [0.1, 0.15) is 17.6 Å². The molecule has 2 unspecified atom stereocenters. The minimum atomic E-state index is -2.33. The number of benzene rings is 1. The number of ether oxygens (including phenoxy) is 1. The molecule has 1 saturated carbocycles. The maximum Gasteiger partial charge on any atom is 0.302 e. The van der Waals surface area contributed by atoms with Crippen LogP contribution in [0.1, 0.15) is 58.4 Å². The molecule has 1 fully saturated rings. The van der Waals surface area contributed by atoms with E-state index in [0.717, 1.165) is 25.7 Å². The van der Waals surface area contributed by atoms with E-state index in [1.54, 1.807) is 0 Å². The summed E-state index contributed by atoms with van der Waals surface area (Å²) in [4.78, 5) is 0. The maximum atomic E-state index is 11.2. The smallest absolute Gasteiger partial charge is 0.302 e. The zero-order valence-corrected chi connectivity index (χ0v) is 15.6. The van der Waals surface area contributed by atoms with Gasteiger partial charge >= 0.3 is 11.4 Å². The Hall–Kier alpha value is -1.17. The average molecular weight is 352 g/mol. The van der Waals surface area contributed by atoms with Crippen molar-refractivity contribution in [2.24, 2.45) is 5.92 Å². The van der Waals surface area contributed by atoms with Crippen LogP contribution in [0.25, 0.3) is 0 Å². The molecular formula is C19H28O4S. The molecule has 1 aromatic rings. The Morgan fingerprint density at radius 1 is 1.21 bits per heavy atom. The predicted octanol–water partition coefficient (Wildman–Crippen LogP) is 4.98. The van der Waals surface area contributed by atoms with Crippen molar-refractivity contribution in [3.8, 4) is 5.75 Å². The zero-order valence-electron chi connectivity index (χ0n) is 14.8. The molecule has 0 radical (unpaired) electrons. The van der Waals surface area contributed by atoms with Gasteiger partial charge < -0.3 is 4.74 Å². The average Bonchev–Trinajstić information content (AvgIpc) is 2.53. The van der Waals surface area contributed by atoms with Crippen molar-refractivity contribution in [2.75, 3.05) is 0 Å². The van der Waals surface area contributed by atoms with Crippen molar-refractivity contribution in [2.45, 2.75) is 64.4 Å². The van der Waals surface area contributed by atoms with Gasteiger partial charge in [-0.2, -0.15) is 4.21 Å². The normalized spacial score (nSPS) is 18.8. The summed E-state index contributed by atoms with van der Waals surface area (Å²) >= 11 is -2.33. The van der Waals surface area contributed by atoms with Crippen molar-refractivity contribution < 1.29 is 17.7 Å². The first-order valence-electron chi connectivity index (χ1n) is 8.52. The van der Waals surface area contributed by atoms with Gasteiger partial charge in [0.05, 0.1) is 0 Å². The van der Waals surface area contributed by atoms with Crippen LogP contribution in [0.15, 0.2) is 36.6 Å². The molecule has 2 atom stereocenters. The Kier molecular flexibility index (Phi) is 6.61. The first kappa shape index (κ1) is 19.2. The van der Waals surface area contributed by atoms with Crippen LogP contribution < -0.4 is 4.74 Å². The fourth-order valence-electron chi connectivity index (χ4n) is 3.15. The molecule has 1 aliphatic carbocycles. The van der Waals surface area contributed by atoms with Crippen molar-refractivity contribution in [1.29, 1.82) is 0 Å². The maximum absolute atomic E-state index is 11.2. The highest BCUT2D eigenvalue weighted by atomic mass is 32.2. The Morgan fingerprint density at radius 3 is 2.29 bits per heavy atom. The summed E-state index contributed by atoms with van der Waals surface area (Å²) in [6.07, 6.45) is 4.79. The summed E-state index contributed by atoms with van der Waals surface area (Å²) in [7, 11) is 0. The lowest BCUT2D eigenvalue weighted by Crippen LogP contribution is -2.30. The van der Waals surface area contributed by atoms with E-state index in [2.05, 4.69) is 27.4 Å². The summed E-state index contributed by atoms with van der Waals surface area (Å²) in [5.41, 5.74) is 1.30. The summed E-state index contributed by atoms with van der Waals surface area (Å²) in [5, 5.41) is 0. The first-order chi connectivity index (χ1) is 11.3. The van der Waals surface area contributed by atoms with Crippen LogP contribution >= 0.6 is 0 Å². The van der Waals surface area contributed by atoms with Gasteiger partial charge in [-0.25, -0.2) is 0 Å². The molecule has 1 aromatic carbocycles. The van der Waals surface area contributed by atoms with Crippen molar-refractivity contribution in [3.05, 3.63) is 42.2 Å². The highest BCUT2D eigenvalue weighted by molar-refractivity contribution is 7.74. The Balaban J connectivity index is 2.07. The molecule has 134 valence electrons. The molecule has 4 nitrogen and oxygen atoms in total. The molecule has 24 heavy (non-hydrogen) atoms. The highest BCUT2D eigenvalue weighted by Crippen LogP contribution is 2.32. The van der Waals surface area contributed by atoms with Crippen LogP contribution in [-0.4, -0.2) is 14.9 Å². The van der Waals surface area contributed by atoms with Crippen molar-refractivity contribution in [1.82, 2.24) is 0 Å². The van der Waals surface area contributed by atoms with Gasteiger partial charge in [-0.1, -0.05) is 58.7 Å². The number of hydrogen-bond acceptors (Lipinski definition) is 3. The minimum absolute atomic E-state index is 0.0804. The third-order valence-electron chi connectivity index (χ3n) is 4.55. The molecule has 1 N–H and O–H groups in total. The van der Waals surface area contributed by atoms with Crippen LogP contribution in [0.4, 0.5) is 0 Å². The summed E-state index contributed by atoms with van der Waals surface area (Å²) in [6.45, 7) is 10.4. The first-order valence-corrected chi connectivity index (χ1v) is 9.56. The quantitative estimate of drug-likeness (QED) is 0.579. The number of hydrogen-bond donors (Lipinski definition) is 1. The lowest BCUT2D eigenvalue weighted by Gasteiger charge is -2.29. The van der Waals surface area contributed by atoms with Crippen LogP contribution in [0.3, 0.4) is 0 Å². The molecule has 0 saturated heterocycles. The van der Waals surface area contributed by atoms with E-state index in [1.807, 2.05) is 24.3 Å². The predicted molar refractivity (Wildman–Crippen MR) is 97.1 cm³/mol. The van der Waals surface area contributed by atoms with Gasteiger partial charge in [0.2, 0.25) is 0 Å². The topological polar surface area (TPSA) is 55.8 Å². The lowest BCUT2D eigenvalue weighted by atomic mass is 9.85. The molecule has 0 bridgehead atoms. The monoisotopic (exact) mass is 352 g/mol. The standard InChI is InChI=1S/C19H28O4S/c1-14(18(23-24(20)21)15-8-6-5-7-9-15)22-17-12-10-16(11-13-17)19(2,3)4/h10-13,15,18H,1,5-9H2,2-4H3,(H,20,21). The largest absolute Gasteiger partial charge is 0.460 e. The SMILES string of the molecule is C=C(Oc1ccc(C(C)(C)C)cc1)C(OS(=O)O)C1CCCCC1. The summed E-state index contributed by atoms with van der Waals surface area (Å²) in [6, 6.07) is 7.87. The summed E-state index contributed by atoms with van der Waals surface area (Å²) in [5.74, 6) is 1.24. The van der Waals surface area contributed by atoms with E-state index in [4.69, 9.17) is 13.5 Å². The summed E-state index contributed by atoms with van der Waals surface area (Å²) < 4.78 is 31.3. The third-order valence-corrected chi connectivity index (χ3v) is 4.92. The van der Waals surface area contributed by atoms with Gasteiger partial charge in [0.15, 0.2) is 0 Å². The molecule has 2 rings (SSSR count). The van der Waals surface area contributed by atoms with Gasteiger partial charge in [0.25, 0.3) is 0 Å². The van der Waals surface area contributed by atoms with Gasteiger partial charge in [-0.3, -0.25) is 8.74 Å². The van der Waals surface area contributed by atoms with E-state index < -0.39 is 17.5 Å². The Morgan fingerprint density at radius 2 is 1.79 bits per heavy atom. The molecule has 1 aliphatic rings. The molecule has 0 aliphatic heterocycles. The third kappa shape index (κ3) is 5.43. The fraction of sp³-hybridized carbons (Fsp3) is 0.579.